The molecular formula is C12H15FO2. The predicted octanol–water partition coefficient (Wildman–Crippen LogP) is 3.06. The molecular weight excluding hydrogens is 195 g/mol. The van der Waals surface area contributed by atoms with E-state index in [2.05, 4.69) is 13.8 Å². The van der Waals surface area contributed by atoms with E-state index >= 15 is 0 Å². The van der Waals surface area contributed by atoms with Crippen molar-refractivity contribution in [1.29, 1.82) is 0 Å². The van der Waals surface area contributed by atoms with E-state index in [9.17, 15) is 9.18 Å². The Hall–Kier alpha value is -1.38. The van der Waals surface area contributed by atoms with Gasteiger partial charge in [-0.3, -0.25) is 4.79 Å². The maximum Gasteiger partial charge on any atom is 0.165 e. The van der Waals surface area contributed by atoms with Crippen molar-refractivity contribution >= 4 is 6.29 Å². The molecule has 0 saturated heterocycles. The predicted molar refractivity (Wildman–Crippen MR) is 56.7 cm³/mol. The Kier molecular flexibility index (Phi) is 4.28. The average Bonchev–Trinajstić information content (AvgIpc) is 2.20. The quantitative estimate of drug-likeness (QED) is 0.698. The number of rotatable bonds is 5. The summed E-state index contributed by atoms with van der Waals surface area (Å²) >= 11 is 0. The van der Waals surface area contributed by atoms with Crippen molar-refractivity contribution in [2.75, 3.05) is 6.61 Å². The third kappa shape index (κ3) is 3.70. The number of hydrogen-bond donors (Lipinski definition) is 0. The largest absolute Gasteiger partial charge is 0.490 e. The Morgan fingerprint density at radius 2 is 2.20 bits per heavy atom. The maximum atomic E-state index is 13.2. The average molecular weight is 210 g/mol. The zero-order chi connectivity index (χ0) is 11.3. The summed E-state index contributed by atoms with van der Waals surface area (Å²) < 4.78 is 18.4. The standard InChI is InChI=1S/C12H15FO2/c1-9(2)5-6-15-12-7-10(8-14)3-4-11(12)13/h3-4,7-9H,5-6H2,1-2H3. The number of halogens is 1. The maximum absolute atomic E-state index is 13.2. The van der Waals surface area contributed by atoms with E-state index < -0.39 is 5.82 Å². The van der Waals surface area contributed by atoms with Gasteiger partial charge in [0.25, 0.3) is 0 Å². The molecule has 2 nitrogen and oxygen atoms in total. The summed E-state index contributed by atoms with van der Waals surface area (Å²) in [5, 5.41) is 0. The lowest BCUT2D eigenvalue weighted by Gasteiger charge is -2.09. The molecule has 0 saturated carbocycles. The summed E-state index contributed by atoms with van der Waals surface area (Å²) in [7, 11) is 0. The van der Waals surface area contributed by atoms with Gasteiger partial charge >= 0.3 is 0 Å². The van der Waals surface area contributed by atoms with Crippen LogP contribution in [0.2, 0.25) is 0 Å². The number of hydrogen-bond acceptors (Lipinski definition) is 2. The van der Waals surface area contributed by atoms with E-state index in [0.29, 0.717) is 24.4 Å². The highest BCUT2D eigenvalue weighted by molar-refractivity contribution is 5.75. The van der Waals surface area contributed by atoms with Crippen LogP contribution in [-0.4, -0.2) is 12.9 Å². The molecule has 0 aliphatic heterocycles. The highest BCUT2D eigenvalue weighted by Crippen LogP contribution is 2.18. The van der Waals surface area contributed by atoms with Crippen molar-refractivity contribution in [2.45, 2.75) is 20.3 Å². The number of ether oxygens (including phenoxy) is 1. The second kappa shape index (κ2) is 5.49. The number of carbonyl (C=O) groups is 1. The van der Waals surface area contributed by atoms with Crippen LogP contribution in [0.1, 0.15) is 30.6 Å². The van der Waals surface area contributed by atoms with Crippen LogP contribution in [-0.2, 0) is 0 Å². The van der Waals surface area contributed by atoms with Gasteiger partial charge in [0.05, 0.1) is 6.61 Å². The van der Waals surface area contributed by atoms with Gasteiger partial charge in [-0.05, 0) is 30.5 Å². The lowest BCUT2D eigenvalue weighted by atomic mass is 10.1. The van der Waals surface area contributed by atoms with E-state index in [1.54, 1.807) is 0 Å². The second-order valence-corrected chi connectivity index (χ2v) is 3.84. The van der Waals surface area contributed by atoms with Crippen molar-refractivity contribution in [2.24, 2.45) is 5.92 Å². The fourth-order valence-corrected chi connectivity index (χ4v) is 1.11. The molecule has 0 unspecified atom stereocenters. The monoisotopic (exact) mass is 210 g/mol. The van der Waals surface area contributed by atoms with Gasteiger partial charge in [0.15, 0.2) is 11.6 Å². The first-order valence-corrected chi connectivity index (χ1v) is 5.01. The van der Waals surface area contributed by atoms with E-state index in [-0.39, 0.29) is 5.75 Å². The van der Waals surface area contributed by atoms with Crippen LogP contribution in [0, 0.1) is 11.7 Å². The number of aldehydes is 1. The summed E-state index contributed by atoms with van der Waals surface area (Å²) in [6.45, 7) is 4.61. The summed E-state index contributed by atoms with van der Waals surface area (Å²) in [5.41, 5.74) is 0.427. The summed E-state index contributed by atoms with van der Waals surface area (Å²) in [4.78, 5) is 10.5. The molecule has 1 rings (SSSR count). The molecule has 0 heterocycles. The fourth-order valence-electron chi connectivity index (χ4n) is 1.11. The van der Waals surface area contributed by atoms with Gasteiger partial charge in [0.2, 0.25) is 0 Å². The minimum absolute atomic E-state index is 0.153. The molecule has 0 aliphatic carbocycles. The minimum Gasteiger partial charge on any atom is -0.490 e. The highest BCUT2D eigenvalue weighted by Gasteiger charge is 2.04. The molecule has 1 aromatic carbocycles. The van der Waals surface area contributed by atoms with Crippen LogP contribution in [0.4, 0.5) is 4.39 Å². The van der Waals surface area contributed by atoms with E-state index in [1.807, 2.05) is 0 Å². The fraction of sp³-hybridized carbons (Fsp3) is 0.417. The van der Waals surface area contributed by atoms with Crippen LogP contribution >= 0.6 is 0 Å². The normalized spacial score (nSPS) is 10.4. The van der Waals surface area contributed by atoms with Gasteiger partial charge in [0.1, 0.15) is 6.29 Å². The van der Waals surface area contributed by atoms with E-state index in [1.165, 1.54) is 18.2 Å². The zero-order valence-corrected chi connectivity index (χ0v) is 9.00. The number of carbonyl (C=O) groups excluding carboxylic acids is 1. The Morgan fingerprint density at radius 1 is 1.47 bits per heavy atom. The van der Waals surface area contributed by atoms with Crippen LogP contribution in [0.5, 0.6) is 5.75 Å². The molecule has 0 atom stereocenters. The first-order chi connectivity index (χ1) is 7.13. The molecule has 3 heteroatoms. The van der Waals surface area contributed by atoms with Gasteiger partial charge in [-0.1, -0.05) is 13.8 Å². The lowest BCUT2D eigenvalue weighted by Crippen LogP contribution is -2.03. The van der Waals surface area contributed by atoms with Gasteiger partial charge in [0, 0.05) is 5.56 Å². The SMILES string of the molecule is CC(C)CCOc1cc(C=O)ccc1F. The lowest BCUT2D eigenvalue weighted by molar-refractivity contribution is 0.112. The highest BCUT2D eigenvalue weighted by atomic mass is 19.1. The first-order valence-electron chi connectivity index (χ1n) is 5.01. The Bertz CT molecular complexity index is 334. The third-order valence-corrected chi connectivity index (χ3v) is 2.04. The molecule has 82 valence electrons. The zero-order valence-electron chi connectivity index (χ0n) is 9.00. The second-order valence-electron chi connectivity index (χ2n) is 3.84. The molecule has 0 amide bonds. The molecule has 0 fully saturated rings. The Labute approximate surface area is 89.1 Å². The van der Waals surface area contributed by atoms with Crippen molar-refractivity contribution in [3.05, 3.63) is 29.6 Å². The molecule has 1 aromatic rings. The van der Waals surface area contributed by atoms with Gasteiger partial charge in [-0.2, -0.15) is 0 Å². The van der Waals surface area contributed by atoms with E-state index in [0.717, 1.165) is 6.42 Å². The first kappa shape index (κ1) is 11.7. The van der Waals surface area contributed by atoms with E-state index in [4.69, 9.17) is 4.74 Å². The molecule has 0 spiro atoms. The summed E-state index contributed by atoms with van der Waals surface area (Å²) in [5.74, 6) is 0.243. The summed E-state index contributed by atoms with van der Waals surface area (Å²) in [6.07, 6.45) is 1.54. The van der Waals surface area contributed by atoms with Crippen LogP contribution < -0.4 is 4.74 Å². The Morgan fingerprint density at radius 3 is 2.80 bits per heavy atom. The Balaban J connectivity index is 2.62. The molecule has 0 aliphatic rings. The van der Waals surface area contributed by atoms with Crippen LogP contribution in [0.15, 0.2) is 18.2 Å². The van der Waals surface area contributed by atoms with Crippen LogP contribution in [0.3, 0.4) is 0 Å². The topological polar surface area (TPSA) is 26.3 Å². The molecule has 0 N–H and O–H groups in total. The van der Waals surface area contributed by atoms with Crippen molar-refractivity contribution in [3.63, 3.8) is 0 Å². The number of benzene rings is 1. The minimum atomic E-state index is -0.427. The van der Waals surface area contributed by atoms with Crippen molar-refractivity contribution in [1.82, 2.24) is 0 Å². The van der Waals surface area contributed by atoms with Gasteiger partial charge in [-0.15, -0.1) is 0 Å². The van der Waals surface area contributed by atoms with Gasteiger partial charge in [-0.25, -0.2) is 4.39 Å². The smallest absolute Gasteiger partial charge is 0.165 e. The van der Waals surface area contributed by atoms with Gasteiger partial charge < -0.3 is 4.74 Å². The van der Waals surface area contributed by atoms with Crippen molar-refractivity contribution < 1.29 is 13.9 Å². The van der Waals surface area contributed by atoms with Crippen molar-refractivity contribution in [3.8, 4) is 5.75 Å². The molecule has 0 aromatic heterocycles. The third-order valence-electron chi connectivity index (χ3n) is 2.04. The molecule has 0 bridgehead atoms. The van der Waals surface area contributed by atoms with Crippen LogP contribution in [0.25, 0.3) is 0 Å². The molecule has 15 heavy (non-hydrogen) atoms. The summed E-state index contributed by atoms with van der Waals surface area (Å²) in [6, 6.07) is 4.09. The molecule has 0 radical (unpaired) electrons.